The molecular formula is C11H11N3O2S. The van der Waals surface area contributed by atoms with Gasteiger partial charge in [0, 0.05) is 36.2 Å². The number of hydrogen-bond donors (Lipinski definition) is 1. The van der Waals surface area contributed by atoms with Crippen LogP contribution in [0.25, 0.3) is 0 Å². The van der Waals surface area contributed by atoms with Crippen LogP contribution in [0.15, 0.2) is 35.2 Å². The summed E-state index contributed by atoms with van der Waals surface area (Å²) in [5, 5.41) is 15.7. The second kappa shape index (κ2) is 5.40. The largest absolute Gasteiger partial charge is 0.385 e. The van der Waals surface area contributed by atoms with E-state index in [4.69, 9.17) is 0 Å². The summed E-state index contributed by atoms with van der Waals surface area (Å²) in [5.74, 6) is 0. The third-order valence-electron chi connectivity index (χ3n) is 2.27. The van der Waals surface area contributed by atoms with Crippen LogP contribution in [0, 0.1) is 10.1 Å². The van der Waals surface area contributed by atoms with Gasteiger partial charge >= 0.3 is 0 Å². The molecule has 1 N–H and O–H groups in total. The van der Waals surface area contributed by atoms with E-state index >= 15 is 0 Å². The zero-order chi connectivity index (χ0) is 12.1. The van der Waals surface area contributed by atoms with Crippen molar-refractivity contribution >= 4 is 22.7 Å². The standard InChI is InChI=1S/C11H11N3O2S/c15-14(16)11-3-1-9(2-4-11)12-6-5-10-7-17-8-13-10/h1-4,7-8,12H,5-6H2. The average molecular weight is 249 g/mol. The van der Waals surface area contributed by atoms with Crippen molar-refractivity contribution in [3.8, 4) is 0 Å². The first-order chi connectivity index (χ1) is 8.25. The van der Waals surface area contributed by atoms with E-state index in [0.717, 1.165) is 24.3 Å². The normalized spacial score (nSPS) is 10.1. The fourth-order valence-corrected chi connectivity index (χ4v) is 1.99. The summed E-state index contributed by atoms with van der Waals surface area (Å²) in [6.07, 6.45) is 0.848. The monoisotopic (exact) mass is 249 g/mol. The highest BCUT2D eigenvalue weighted by molar-refractivity contribution is 7.07. The van der Waals surface area contributed by atoms with Gasteiger partial charge in [0.05, 0.1) is 16.1 Å². The van der Waals surface area contributed by atoms with Gasteiger partial charge in [0.25, 0.3) is 5.69 Å². The number of benzene rings is 1. The number of nitro groups is 1. The Morgan fingerprint density at radius 3 is 2.71 bits per heavy atom. The van der Waals surface area contributed by atoms with E-state index in [1.165, 1.54) is 12.1 Å². The molecular weight excluding hydrogens is 238 g/mol. The number of thiazole rings is 1. The summed E-state index contributed by atoms with van der Waals surface area (Å²) in [5.41, 5.74) is 3.85. The van der Waals surface area contributed by atoms with Crippen LogP contribution in [0.2, 0.25) is 0 Å². The molecule has 0 fully saturated rings. The van der Waals surface area contributed by atoms with Crippen molar-refractivity contribution < 1.29 is 4.92 Å². The molecule has 2 aromatic rings. The second-order valence-electron chi connectivity index (χ2n) is 3.46. The molecule has 6 heteroatoms. The quantitative estimate of drug-likeness (QED) is 0.653. The number of rotatable bonds is 5. The highest BCUT2D eigenvalue weighted by Crippen LogP contribution is 2.15. The molecule has 1 heterocycles. The second-order valence-corrected chi connectivity index (χ2v) is 4.18. The summed E-state index contributed by atoms with van der Waals surface area (Å²) in [4.78, 5) is 14.2. The van der Waals surface area contributed by atoms with Crippen molar-refractivity contribution in [2.75, 3.05) is 11.9 Å². The Kier molecular flexibility index (Phi) is 3.66. The molecule has 0 saturated heterocycles. The molecule has 2 rings (SSSR count). The van der Waals surface area contributed by atoms with Gasteiger partial charge in [-0.05, 0) is 12.1 Å². The fraction of sp³-hybridized carbons (Fsp3) is 0.182. The van der Waals surface area contributed by atoms with Gasteiger partial charge in [0.2, 0.25) is 0 Å². The van der Waals surface area contributed by atoms with Crippen molar-refractivity contribution in [2.24, 2.45) is 0 Å². The Morgan fingerprint density at radius 2 is 2.12 bits per heavy atom. The lowest BCUT2D eigenvalue weighted by Crippen LogP contribution is -2.04. The molecule has 0 aliphatic heterocycles. The molecule has 0 saturated carbocycles. The molecule has 1 aromatic heterocycles. The Labute approximate surface area is 102 Å². The van der Waals surface area contributed by atoms with Crippen LogP contribution in [0.3, 0.4) is 0 Å². The number of hydrogen-bond acceptors (Lipinski definition) is 5. The first-order valence-electron chi connectivity index (χ1n) is 5.11. The van der Waals surface area contributed by atoms with Gasteiger partial charge in [-0.25, -0.2) is 4.98 Å². The number of aromatic nitrogens is 1. The molecule has 0 spiro atoms. The Hall–Kier alpha value is -1.95. The van der Waals surface area contributed by atoms with Gasteiger partial charge in [-0.2, -0.15) is 0 Å². The topological polar surface area (TPSA) is 68.1 Å². The lowest BCUT2D eigenvalue weighted by molar-refractivity contribution is -0.384. The van der Waals surface area contributed by atoms with Crippen LogP contribution < -0.4 is 5.32 Å². The van der Waals surface area contributed by atoms with Crippen LogP contribution in [-0.2, 0) is 6.42 Å². The summed E-state index contributed by atoms with van der Waals surface area (Å²) in [6, 6.07) is 6.40. The minimum atomic E-state index is -0.404. The summed E-state index contributed by atoms with van der Waals surface area (Å²) in [6.45, 7) is 0.765. The van der Waals surface area contributed by atoms with Gasteiger partial charge in [0.15, 0.2) is 0 Å². The Balaban J connectivity index is 1.85. The molecule has 0 atom stereocenters. The predicted octanol–water partition coefficient (Wildman–Crippen LogP) is 2.71. The first kappa shape index (κ1) is 11.5. The molecule has 0 bridgehead atoms. The maximum Gasteiger partial charge on any atom is 0.269 e. The van der Waals surface area contributed by atoms with Gasteiger partial charge in [-0.3, -0.25) is 10.1 Å². The van der Waals surface area contributed by atoms with E-state index in [2.05, 4.69) is 10.3 Å². The maximum atomic E-state index is 10.5. The van der Waals surface area contributed by atoms with Crippen molar-refractivity contribution in [3.63, 3.8) is 0 Å². The van der Waals surface area contributed by atoms with E-state index in [1.54, 1.807) is 29.0 Å². The number of nitro benzene ring substituents is 1. The predicted molar refractivity (Wildman–Crippen MR) is 67.4 cm³/mol. The molecule has 0 aliphatic rings. The molecule has 88 valence electrons. The van der Waals surface area contributed by atoms with Crippen LogP contribution >= 0.6 is 11.3 Å². The summed E-state index contributed by atoms with van der Waals surface area (Å²) >= 11 is 1.58. The Morgan fingerprint density at radius 1 is 1.35 bits per heavy atom. The number of nitrogens with one attached hydrogen (secondary N) is 1. The lowest BCUT2D eigenvalue weighted by atomic mass is 10.2. The zero-order valence-corrected chi connectivity index (χ0v) is 9.81. The fourth-order valence-electron chi connectivity index (χ4n) is 1.40. The van der Waals surface area contributed by atoms with E-state index in [1.807, 2.05) is 5.38 Å². The van der Waals surface area contributed by atoms with E-state index in [-0.39, 0.29) is 5.69 Å². The van der Waals surface area contributed by atoms with Gasteiger partial charge < -0.3 is 5.32 Å². The first-order valence-corrected chi connectivity index (χ1v) is 6.05. The van der Waals surface area contributed by atoms with Crippen LogP contribution in [-0.4, -0.2) is 16.5 Å². The molecule has 0 unspecified atom stereocenters. The van der Waals surface area contributed by atoms with Crippen molar-refractivity contribution in [3.05, 3.63) is 51.0 Å². The number of non-ortho nitro benzene ring substituents is 1. The third kappa shape index (κ3) is 3.25. The zero-order valence-electron chi connectivity index (χ0n) is 9.00. The van der Waals surface area contributed by atoms with E-state index in [0.29, 0.717) is 0 Å². The number of anilines is 1. The van der Waals surface area contributed by atoms with E-state index in [9.17, 15) is 10.1 Å². The highest BCUT2D eigenvalue weighted by Gasteiger charge is 2.03. The lowest BCUT2D eigenvalue weighted by Gasteiger charge is -2.04. The minimum absolute atomic E-state index is 0.107. The molecule has 17 heavy (non-hydrogen) atoms. The van der Waals surface area contributed by atoms with Crippen molar-refractivity contribution in [2.45, 2.75) is 6.42 Å². The van der Waals surface area contributed by atoms with Crippen LogP contribution in [0.5, 0.6) is 0 Å². The summed E-state index contributed by atoms with van der Waals surface area (Å²) in [7, 11) is 0. The van der Waals surface area contributed by atoms with Gasteiger partial charge in [0.1, 0.15) is 0 Å². The maximum absolute atomic E-state index is 10.5. The van der Waals surface area contributed by atoms with E-state index < -0.39 is 4.92 Å². The smallest absolute Gasteiger partial charge is 0.269 e. The van der Waals surface area contributed by atoms with Gasteiger partial charge in [-0.1, -0.05) is 0 Å². The molecule has 0 amide bonds. The SMILES string of the molecule is O=[N+]([O-])c1ccc(NCCc2cscn2)cc1. The molecule has 0 aliphatic carbocycles. The average Bonchev–Trinajstić information content (AvgIpc) is 2.83. The molecule has 5 nitrogen and oxygen atoms in total. The number of nitrogens with zero attached hydrogens (tertiary/aromatic N) is 2. The molecule has 0 radical (unpaired) electrons. The van der Waals surface area contributed by atoms with Crippen LogP contribution in [0.1, 0.15) is 5.69 Å². The van der Waals surface area contributed by atoms with Crippen LogP contribution in [0.4, 0.5) is 11.4 Å². The van der Waals surface area contributed by atoms with Gasteiger partial charge in [-0.15, -0.1) is 11.3 Å². The third-order valence-corrected chi connectivity index (χ3v) is 2.91. The molecule has 1 aromatic carbocycles. The van der Waals surface area contributed by atoms with Crippen molar-refractivity contribution in [1.82, 2.24) is 4.98 Å². The highest BCUT2D eigenvalue weighted by atomic mass is 32.1. The Bertz CT molecular complexity index is 482. The van der Waals surface area contributed by atoms with Crippen molar-refractivity contribution in [1.29, 1.82) is 0 Å². The minimum Gasteiger partial charge on any atom is -0.385 e. The summed E-state index contributed by atoms with van der Waals surface area (Å²) < 4.78 is 0.